The molecule has 6 nitrogen and oxygen atoms in total. The number of carbonyl (C=O) groups is 1. The van der Waals surface area contributed by atoms with E-state index in [2.05, 4.69) is 26.8 Å². The van der Waals surface area contributed by atoms with E-state index < -0.39 is 0 Å². The summed E-state index contributed by atoms with van der Waals surface area (Å²) in [6, 6.07) is 5.87. The second-order valence-electron chi connectivity index (χ2n) is 6.39. The molecule has 3 rings (SSSR count). The summed E-state index contributed by atoms with van der Waals surface area (Å²) in [5, 5.41) is 3.25. The minimum atomic E-state index is 0.0142. The van der Waals surface area contributed by atoms with Crippen LogP contribution in [0.15, 0.2) is 43.4 Å². The molecule has 1 N–H and O–H groups in total. The highest BCUT2D eigenvalue weighted by atomic mass is 16.2. The van der Waals surface area contributed by atoms with Crippen LogP contribution in [0.1, 0.15) is 24.1 Å². The van der Waals surface area contributed by atoms with Crippen molar-refractivity contribution in [1.82, 2.24) is 19.9 Å². The Balaban J connectivity index is 1.66. The highest BCUT2D eigenvalue weighted by Crippen LogP contribution is 2.22. The Bertz CT molecular complexity index is 761. The fourth-order valence-corrected chi connectivity index (χ4v) is 3.17. The number of nitrogens with one attached hydrogen (secondary N) is 1. The van der Waals surface area contributed by atoms with Gasteiger partial charge in [0.1, 0.15) is 18.0 Å². The van der Waals surface area contributed by atoms with Crippen molar-refractivity contribution in [3.05, 3.63) is 54.6 Å². The quantitative estimate of drug-likeness (QED) is 0.850. The van der Waals surface area contributed by atoms with Gasteiger partial charge in [-0.2, -0.15) is 0 Å². The van der Waals surface area contributed by atoms with Gasteiger partial charge >= 0.3 is 0 Å². The van der Waals surface area contributed by atoms with E-state index in [1.807, 2.05) is 30.0 Å². The van der Waals surface area contributed by atoms with Crippen LogP contribution < -0.4 is 5.32 Å². The molecule has 1 amide bonds. The molecule has 2 aromatic rings. The Kier molecular flexibility index (Phi) is 5.38. The van der Waals surface area contributed by atoms with E-state index in [0.717, 1.165) is 55.2 Å². The van der Waals surface area contributed by atoms with Gasteiger partial charge in [0.25, 0.3) is 0 Å². The van der Waals surface area contributed by atoms with Gasteiger partial charge in [-0.25, -0.2) is 15.0 Å². The molecular formula is C19H23N5O. The first-order valence-corrected chi connectivity index (χ1v) is 8.56. The number of nitrogens with zero attached hydrogens (tertiary/aromatic N) is 4. The molecule has 0 saturated carbocycles. The van der Waals surface area contributed by atoms with Gasteiger partial charge in [0, 0.05) is 31.0 Å². The first kappa shape index (κ1) is 17.1. The summed E-state index contributed by atoms with van der Waals surface area (Å²) in [5.74, 6) is 1.96. The molecule has 6 heteroatoms. The van der Waals surface area contributed by atoms with Gasteiger partial charge in [-0.05, 0) is 49.8 Å². The third kappa shape index (κ3) is 4.41. The Morgan fingerprint density at radius 2 is 2.32 bits per heavy atom. The van der Waals surface area contributed by atoms with Crippen molar-refractivity contribution in [3.8, 4) is 0 Å². The van der Waals surface area contributed by atoms with E-state index >= 15 is 0 Å². The Labute approximate surface area is 148 Å². The largest absolute Gasteiger partial charge is 0.339 e. The number of pyridine rings is 1. The summed E-state index contributed by atoms with van der Waals surface area (Å²) >= 11 is 0. The lowest BCUT2D eigenvalue weighted by atomic mass is 9.93. The van der Waals surface area contributed by atoms with E-state index in [9.17, 15) is 4.79 Å². The molecule has 0 bridgehead atoms. The van der Waals surface area contributed by atoms with Crippen molar-refractivity contribution in [2.24, 2.45) is 5.92 Å². The molecule has 1 fully saturated rings. The lowest BCUT2D eigenvalue weighted by Crippen LogP contribution is -2.39. The number of aryl methyl sites for hydroxylation is 1. The number of aromatic nitrogens is 3. The summed E-state index contributed by atoms with van der Waals surface area (Å²) in [4.78, 5) is 26.7. The molecule has 25 heavy (non-hydrogen) atoms. The number of likely N-dealkylation sites (tertiary alicyclic amines) is 1. The summed E-state index contributed by atoms with van der Waals surface area (Å²) in [5.41, 5.74) is 2.04. The molecule has 1 aliphatic heterocycles. The van der Waals surface area contributed by atoms with E-state index in [-0.39, 0.29) is 5.91 Å². The van der Waals surface area contributed by atoms with E-state index in [1.54, 1.807) is 12.5 Å². The van der Waals surface area contributed by atoms with Gasteiger partial charge < -0.3 is 10.2 Å². The number of carbonyl (C=O) groups excluding carboxylic acids is 1. The highest BCUT2D eigenvalue weighted by molar-refractivity contribution is 5.87. The standard InChI is InChI=1S/C19H23N5O/c1-3-18(25)24-9-5-7-15(12-24)10-16-11-17(22-13-21-16)23-19-14(2)6-4-8-20-19/h3-4,6,8,11,13,15H,1,5,7,9-10,12H2,2H3,(H,20,21,22,23). The van der Waals surface area contributed by atoms with Crippen molar-refractivity contribution >= 4 is 17.5 Å². The molecule has 1 unspecified atom stereocenters. The third-order valence-electron chi connectivity index (χ3n) is 4.48. The molecule has 0 aliphatic carbocycles. The fourth-order valence-electron chi connectivity index (χ4n) is 3.17. The summed E-state index contributed by atoms with van der Waals surface area (Å²) in [6.45, 7) is 7.16. The van der Waals surface area contributed by atoms with Crippen LogP contribution in [0.4, 0.5) is 11.6 Å². The maximum Gasteiger partial charge on any atom is 0.245 e. The highest BCUT2D eigenvalue weighted by Gasteiger charge is 2.22. The lowest BCUT2D eigenvalue weighted by molar-refractivity contribution is -0.127. The summed E-state index contributed by atoms with van der Waals surface area (Å²) in [7, 11) is 0. The summed E-state index contributed by atoms with van der Waals surface area (Å²) in [6.07, 6.45) is 7.68. The van der Waals surface area contributed by atoms with Crippen molar-refractivity contribution in [1.29, 1.82) is 0 Å². The van der Waals surface area contributed by atoms with Crippen molar-refractivity contribution in [2.75, 3.05) is 18.4 Å². The maximum atomic E-state index is 11.8. The number of amides is 1. The average molecular weight is 337 g/mol. The molecule has 130 valence electrons. The molecule has 3 heterocycles. The van der Waals surface area contributed by atoms with Crippen LogP contribution in [-0.4, -0.2) is 38.8 Å². The number of hydrogen-bond donors (Lipinski definition) is 1. The van der Waals surface area contributed by atoms with E-state index in [1.165, 1.54) is 6.08 Å². The molecule has 2 aromatic heterocycles. The number of hydrogen-bond acceptors (Lipinski definition) is 5. The van der Waals surface area contributed by atoms with E-state index in [0.29, 0.717) is 5.92 Å². The van der Waals surface area contributed by atoms with Gasteiger partial charge in [-0.3, -0.25) is 4.79 Å². The maximum absolute atomic E-state index is 11.8. The number of anilines is 2. The molecule has 1 aliphatic rings. The van der Waals surface area contributed by atoms with Gasteiger partial charge in [0.15, 0.2) is 0 Å². The first-order valence-electron chi connectivity index (χ1n) is 8.56. The zero-order valence-electron chi connectivity index (χ0n) is 14.5. The predicted octanol–water partition coefficient (Wildman–Crippen LogP) is 2.89. The number of rotatable bonds is 5. The van der Waals surface area contributed by atoms with Crippen molar-refractivity contribution < 1.29 is 4.79 Å². The average Bonchev–Trinajstić information content (AvgIpc) is 2.63. The van der Waals surface area contributed by atoms with Gasteiger partial charge in [0.05, 0.1) is 0 Å². The van der Waals surface area contributed by atoms with Gasteiger partial charge in [0.2, 0.25) is 5.91 Å². The van der Waals surface area contributed by atoms with Crippen molar-refractivity contribution in [3.63, 3.8) is 0 Å². The molecule has 0 radical (unpaired) electrons. The molecule has 1 atom stereocenters. The monoisotopic (exact) mass is 337 g/mol. The second-order valence-corrected chi connectivity index (χ2v) is 6.39. The Hall–Kier alpha value is -2.76. The zero-order valence-corrected chi connectivity index (χ0v) is 14.5. The van der Waals surface area contributed by atoms with Gasteiger partial charge in [-0.15, -0.1) is 0 Å². The Morgan fingerprint density at radius 1 is 1.44 bits per heavy atom. The fraction of sp³-hybridized carbons (Fsp3) is 0.368. The molecule has 0 spiro atoms. The van der Waals surface area contributed by atoms with Crippen LogP contribution in [-0.2, 0) is 11.2 Å². The first-order chi connectivity index (χ1) is 12.2. The van der Waals surface area contributed by atoms with Crippen LogP contribution in [0.5, 0.6) is 0 Å². The summed E-state index contributed by atoms with van der Waals surface area (Å²) < 4.78 is 0. The van der Waals surface area contributed by atoms with Crippen LogP contribution in [0, 0.1) is 12.8 Å². The molecular weight excluding hydrogens is 314 g/mol. The van der Waals surface area contributed by atoms with Crippen LogP contribution >= 0.6 is 0 Å². The van der Waals surface area contributed by atoms with Gasteiger partial charge in [-0.1, -0.05) is 12.6 Å². The van der Waals surface area contributed by atoms with Crippen molar-refractivity contribution in [2.45, 2.75) is 26.2 Å². The van der Waals surface area contributed by atoms with Crippen LogP contribution in [0.25, 0.3) is 0 Å². The smallest absolute Gasteiger partial charge is 0.245 e. The lowest BCUT2D eigenvalue weighted by Gasteiger charge is -2.32. The number of piperidine rings is 1. The third-order valence-corrected chi connectivity index (χ3v) is 4.48. The topological polar surface area (TPSA) is 71.0 Å². The minimum absolute atomic E-state index is 0.0142. The predicted molar refractivity (Wildman–Crippen MR) is 97.5 cm³/mol. The molecule has 0 aromatic carbocycles. The Morgan fingerprint density at radius 3 is 3.12 bits per heavy atom. The normalized spacial score (nSPS) is 17.2. The minimum Gasteiger partial charge on any atom is -0.339 e. The SMILES string of the molecule is C=CC(=O)N1CCCC(Cc2cc(Nc3ncccc3C)ncn2)C1. The zero-order chi connectivity index (χ0) is 17.6. The molecule has 1 saturated heterocycles. The van der Waals surface area contributed by atoms with Crippen LogP contribution in [0.3, 0.4) is 0 Å². The van der Waals surface area contributed by atoms with Crippen LogP contribution in [0.2, 0.25) is 0 Å². The second kappa shape index (κ2) is 7.88. The van der Waals surface area contributed by atoms with E-state index in [4.69, 9.17) is 0 Å².